The summed E-state index contributed by atoms with van der Waals surface area (Å²) in [4.78, 5) is 68.5. The molecule has 75 heavy (non-hydrogen) atoms. The molecular weight excluding hydrogens is 967 g/mol. The number of piperazine rings is 2. The number of fused-ring (bicyclic) bond motifs is 2. The number of ether oxygens (including phenoxy) is 2. The zero-order chi connectivity index (χ0) is 52.2. The fraction of sp³-hybridized carbons (Fsp3) is 0.463. The normalized spacial score (nSPS) is 20.0. The van der Waals surface area contributed by atoms with Crippen molar-refractivity contribution in [2.75, 3.05) is 108 Å². The molecule has 5 aliphatic heterocycles. The topological polar surface area (TPSA) is 204 Å². The predicted molar refractivity (Wildman–Crippen MR) is 273 cm³/mol. The highest BCUT2D eigenvalue weighted by molar-refractivity contribution is 6.05. The molecule has 0 radical (unpaired) electrons. The van der Waals surface area contributed by atoms with E-state index in [1.54, 1.807) is 21.8 Å². The van der Waals surface area contributed by atoms with E-state index in [2.05, 4.69) is 46.3 Å². The number of rotatable bonds is 17. The van der Waals surface area contributed by atoms with E-state index in [9.17, 15) is 38.3 Å². The molecule has 3 N–H and O–H groups in total. The average Bonchev–Trinajstić information content (AvgIpc) is 3.99. The van der Waals surface area contributed by atoms with E-state index in [-0.39, 0.29) is 23.8 Å². The maximum absolute atomic E-state index is 14.9. The van der Waals surface area contributed by atoms with Crippen LogP contribution in [0.2, 0.25) is 0 Å². The smallest absolute Gasteiger partial charge is 0.255 e. The number of aliphatic hydroxyl groups excluding tert-OH is 1. The summed E-state index contributed by atoms with van der Waals surface area (Å²) < 4.78 is 42.7. The number of benzene rings is 2. The largest absolute Gasteiger partial charge is 0.492 e. The van der Waals surface area contributed by atoms with Gasteiger partial charge >= 0.3 is 0 Å². The van der Waals surface area contributed by atoms with Gasteiger partial charge in [0.05, 0.1) is 54.4 Å². The number of nitrogens with one attached hydrogen (secondary N) is 2. The van der Waals surface area contributed by atoms with Gasteiger partial charge in [-0.2, -0.15) is 10.4 Å². The standard InChI is InChI=1S/C54H62F2N12O7/c1-2-75-41-29-43(50-38(30-57)32-59-68(50)34-41)36-3-9-47(58-31-36)65-14-12-54(13-15-65,61-51(71)44-28-39(55)4-7-45(44)56)35-63-18-16-62(17-19-63)24-26-74-25-11-49(70)66-22-20-64(21-23-66)40-5-6-42-37(27-40)33-67(53(42)73)46-8-10-48(69)60-52(46)72/h3-7,9,27-29,31-32,34,46,49,70H,2,8,10-26,33,35H2,1H3,(H,61,71)(H,60,69,72). The van der Waals surface area contributed by atoms with E-state index in [0.717, 1.165) is 79.1 Å². The number of carbonyl (C=O) groups is 4. The number of halogens is 2. The van der Waals surface area contributed by atoms with Gasteiger partial charge in [-0.3, -0.25) is 39.2 Å². The Morgan fingerprint density at radius 2 is 1.71 bits per heavy atom. The number of piperidine rings is 2. The Morgan fingerprint density at radius 1 is 0.920 bits per heavy atom. The van der Waals surface area contributed by atoms with Crippen LogP contribution in [0.4, 0.5) is 20.3 Å². The highest BCUT2D eigenvalue weighted by Crippen LogP contribution is 2.34. The van der Waals surface area contributed by atoms with Crippen LogP contribution in [0.15, 0.2) is 73.2 Å². The molecule has 2 unspecified atom stereocenters. The van der Waals surface area contributed by atoms with Gasteiger partial charge in [0.2, 0.25) is 11.8 Å². The maximum atomic E-state index is 14.9. The number of amides is 4. The van der Waals surface area contributed by atoms with E-state index in [0.29, 0.717) is 120 Å². The molecule has 0 saturated carbocycles. The molecule has 2 aromatic carbocycles. The predicted octanol–water partition coefficient (Wildman–Crippen LogP) is 3.64. The van der Waals surface area contributed by atoms with Crippen molar-refractivity contribution in [1.29, 1.82) is 5.26 Å². The lowest BCUT2D eigenvalue weighted by atomic mass is 9.86. The van der Waals surface area contributed by atoms with Crippen molar-refractivity contribution >= 4 is 40.7 Å². The lowest BCUT2D eigenvalue weighted by Crippen LogP contribution is -2.62. The fourth-order valence-electron chi connectivity index (χ4n) is 11.1. The Hall–Kier alpha value is -7.09. The number of hydrogen-bond acceptors (Lipinski definition) is 15. The quantitative estimate of drug-likeness (QED) is 0.0899. The van der Waals surface area contributed by atoms with Crippen LogP contribution >= 0.6 is 0 Å². The van der Waals surface area contributed by atoms with Crippen molar-refractivity contribution < 1.29 is 42.5 Å². The first kappa shape index (κ1) is 51.4. The molecule has 10 rings (SSSR count). The summed E-state index contributed by atoms with van der Waals surface area (Å²) in [5, 5.41) is 30.7. The Kier molecular flexibility index (Phi) is 15.4. The van der Waals surface area contributed by atoms with E-state index < -0.39 is 41.3 Å². The minimum Gasteiger partial charge on any atom is -0.492 e. The van der Waals surface area contributed by atoms with Crippen LogP contribution in [-0.2, 0) is 20.9 Å². The number of hydrogen-bond donors (Lipinski definition) is 3. The molecule has 3 aromatic heterocycles. The molecule has 2 atom stereocenters. The van der Waals surface area contributed by atoms with Gasteiger partial charge in [-0.25, -0.2) is 18.3 Å². The van der Waals surface area contributed by atoms with Crippen LogP contribution in [-0.4, -0.2) is 179 Å². The van der Waals surface area contributed by atoms with Crippen molar-refractivity contribution in [2.24, 2.45) is 0 Å². The number of aromatic nitrogens is 3. The Labute approximate surface area is 433 Å². The lowest BCUT2D eigenvalue weighted by molar-refractivity contribution is -0.136. The van der Waals surface area contributed by atoms with Gasteiger partial charge in [0, 0.05) is 126 Å². The van der Waals surface area contributed by atoms with Gasteiger partial charge in [-0.1, -0.05) is 0 Å². The van der Waals surface area contributed by atoms with E-state index in [4.69, 9.17) is 14.5 Å². The van der Waals surface area contributed by atoms with Crippen molar-refractivity contribution in [3.63, 3.8) is 0 Å². The SMILES string of the molecule is CCOc1cc(-c2ccc(N3CCC(CN4CCN(CCOCCC(O)N5CCN(c6ccc7c(c6)CN(C6CCC(=O)NC6=O)C7=O)CC5)CC4)(NC(=O)c4cc(F)ccc4F)CC3)nc2)c2c(C#N)cnn2c1. The van der Waals surface area contributed by atoms with E-state index >= 15 is 0 Å². The summed E-state index contributed by atoms with van der Waals surface area (Å²) in [6.45, 7) is 11.8. The summed E-state index contributed by atoms with van der Waals surface area (Å²) in [6.07, 6.45) is 6.49. The molecular formula is C54H62F2N12O7. The molecule has 4 amide bonds. The minimum absolute atomic E-state index is 0.193. The number of pyridine rings is 2. The third-order valence-electron chi connectivity index (χ3n) is 15.3. The first-order valence-electron chi connectivity index (χ1n) is 25.9. The molecule has 394 valence electrons. The third-order valence-corrected chi connectivity index (χ3v) is 15.3. The van der Waals surface area contributed by atoms with Gasteiger partial charge in [-0.05, 0) is 86.3 Å². The van der Waals surface area contributed by atoms with Crippen molar-refractivity contribution in [3.05, 3.63) is 107 Å². The second kappa shape index (κ2) is 22.4. The number of carbonyl (C=O) groups excluding carboxylic acids is 4. The second-order valence-corrected chi connectivity index (χ2v) is 20.0. The molecule has 5 aliphatic rings. The zero-order valence-electron chi connectivity index (χ0n) is 42.1. The fourth-order valence-corrected chi connectivity index (χ4v) is 11.1. The number of aliphatic hydroxyl groups is 1. The first-order valence-corrected chi connectivity index (χ1v) is 25.9. The van der Waals surface area contributed by atoms with Crippen LogP contribution in [0.5, 0.6) is 5.75 Å². The number of anilines is 2. The Morgan fingerprint density at radius 3 is 2.44 bits per heavy atom. The van der Waals surface area contributed by atoms with Crippen LogP contribution in [0.25, 0.3) is 16.6 Å². The summed E-state index contributed by atoms with van der Waals surface area (Å²) in [5.41, 5.74) is 4.04. The van der Waals surface area contributed by atoms with Gasteiger partial charge < -0.3 is 34.6 Å². The zero-order valence-corrected chi connectivity index (χ0v) is 42.1. The number of nitriles is 1. The van der Waals surface area contributed by atoms with Crippen molar-refractivity contribution in [1.82, 2.24) is 44.8 Å². The van der Waals surface area contributed by atoms with Crippen LogP contribution < -0.4 is 25.2 Å². The molecule has 0 aliphatic carbocycles. The first-order chi connectivity index (χ1) is 36.4. The second-order valence-electron chi connectivity index (χ2n) is 20.0. The molecule has 0 bridgehead atoms. The molecule has 4 fully saturated rings. The monoisotopic (exact) mass is 1030 g/mol. The van der Waals surface area contributed by atoms with Gasteiger partial charge in [0.1, 0.15) is 41.5 Å². The summed E-state index contributed by atoms with van der Waals surface area (Å²) in [5.74, 6) is -1.69. The minimum atomic E-state index is -0.784. The van der Waals surface area contributed by atoms with Crippen molar-refractivity contribution in [2.45, 2.75) is 63.4 Å². The van der Waals surface area contributed by atoms with E-state index in [1.165, 1.54) is 6.20 Å². The molecule has 21 heteroatoms. The van der Waals surface area contributed by atoms with Crippen LogP contribution in [0.1, 0.15) is 70.9 Å². The van der Waals surface area contributed by atoms with Crippen molar-refractivity contribution in [3.8, 4) is 22.9 Å². The molecule has 0 spiro atoms. The maximum Gasteiger partial charge on any atom is 0.255 e. The molecule has 4 saturated heterocycles. The highest BCUT2D eigenvalue weighted by atomic mass is 19.1. The number of imide groups is 1. The highest BCUT2D eigenvalue weighted by Gasteiger charge is 2.41. The molecule has 19 nitrogen and oxygen atoms in total. The molecule has 8 heterocycles. The van der Waals surface area contributed by atoms with E-state index in [1.807, 2.05) is 43.3 Å². The number of nitrogens with zero attached hydrogens (tertiary/aromatic N) is 10. The Bertz CT molecular complexity index is 2960. The van der Waals surface area contributed by atoms with Crippen LogP contribution in [0.3, 0.4) is 0 Å². The van der Waals surface area contributed by atoms with Gasteiger partial charge in [0.15, 0.2) is 0 Å². The lowest BCUT2D eigenvalue weighted by Gasteiger charge is -2.46. The molecule has 5 aromatic rings. The van der Waals surface area contributed by atoms with Gasteiger partial charge in [-0.15, -0.1) is 0 Å². The van der Waals surface area contributed by atoms with Gasteiger partial charge in [0.25, 0.3) is 11.8 Å². The van der Waals surface area contributed by atoms with Crippen LogP contribution in [0, 0.1) is 23.0 Å². The average molecular weight is 1030 g/mol. The summed E-state index contributed by atoms with van der Waals surface area (Å²) in [7, 11) is 0. The summed E-state index contributed by atoms with van der Waals surface area (Å²) in [6, 6.07) is 16.0. The summed E-state index contributed by atoms with van der Waals surface area (Å²) >= 11 is 0. The third kappa shape index (κ3) is 11.3. The Balaban J connectivity index is 0.679.